The van der Waals surface area contributed by atoms with E-state index < -0.39 is 28.8 Å². The van der Waals surface area contributed by atoms with Crippen LogP contribution in [0, 0.1) is 10.1 Å². The summed E-state index contributed by atoms with van der Waals surface area (Å²) in [6, 6.07) is 3.47. The summed E-state index contributed by atoms with van der Waals surface area (Å²) in [5.41, 5.74) is -0.855. The highest BCUT2D eigenvalue weighted by molar-refractivity contribution is 5.99. The zero-order valence-electron chi connectivity index (χ0n) is 8.85. The van der Waals surface area contributed by atoms with Crippen LogP contribution in [0.4, 0.5) is 14.5 Å². The number of ketones is 1. The molecule has 1 aromatic carbocycles. The quantitative estimate of drug-likeness (QED) is 0.454. The number of hydrogen-bond acceptors (Lipinski definition) is 4. The number of alkyl halides is 2. The normalized spacial score (nSPS) is 10.4. The molecule has 0 radical (unpaired) electrons. The molecule has 92 valence electrons. The second-order valence-electron chi connectivity index (χ2n) is 3.07. The lowest BCUT2D eigenvalue weighted by molar-refractivity contribution is -0.386. The van der Waals surface area contributed by atoms with Crippen LogP contribution in [0.25, 0.3) is 0 Å². The van der Waals surface area contributed by atoms with Gasteiger partial charge in [-0.15, -0.1) is 0 Å². The fourth-order valence-electron chi connectivity index (χ4n) is 1.29. The minimum absolute atomic E-state index is 0.0424. The molecule has 1 aromatic rings. The van der Waals surface area contributed by atoms with Gasteiger partial charge in [0.15, 0.2) is 5.78 Å². The molecule has 5 nitrogen and oxygen atoms in total. The van der Waals surface area contributed by atoms with E-state index in [1.807, 2.05) is 0 Å². The summed E-state index contributed by atoms with van der Waals surface area (Å²) >= 11 is 0. The van der Waals surface area contributed by atoms with Crippen LogP contribution in [-0.2, 0) is 0 Å². The molecule has 0 heterocycles. The monoisotopic (exact) mass is 245 g/mol. The predicted molar refractivity (Wildman–Crippen MR) is 54.3 cm³/mol. The molecule has 0 aliphatic carbocycles. The molecular weight excluding hydrogens is 236 g/mol. The highest BCUT2D eigenvalue weighted by Crippen LogP contribution is 2.32. The first-order valence-corrected chi connectivity index (χ1v) is 4.72. The van der Waals surface area contributed by atoms with Crippen LogP contribution < -0.4 is 4.74 Å². The highest BCUT2D eigenvalue weighted by Gasteiger charge is 2.24. The minimum atomic E-state index is -3.22. The lowest BCUT2D eigenvalue weighted by Gasteiger charge is -2.09. The standard InChI is InChI=1S/C10H9F2NO4/c1-2-8(14)6-4-3-5-7(13(15)16)9(6)17-10(11)12/h3-5,10H,2H2,1H3. The third-order valence-electron chi connectivity index (χ3n) is 2.02. The molecule has 0 aliphatic heterocycles. The molecule has 0 saturated heterocycles. The second-order valence-corrected chi connectivity index (χ2v) is 3.07. The van der Waals surface area contributed by atoms with E-state index in [2.05, 4.69) is 4.74 Å². The summed E-state index contributed by atoms with van der Waals surface area (Å²) in [5, 5.41) is 10.6. The number of para-hydroxylation sites is 1. The molecule has 0 atom stereocenters. The third kappa shape index (κ3) is 2.96. The van der Waals surface area contributed by atoms with E-state index in [0.717, 1.165) is 6.07 Å². The molecule has 7 heteroatoms. The van der Waals surface area contributed by atoms with Crippen molar-refractivity contribution in [1.82, 2.24) is 0 Å². The van der Waals surface area contributed by atoms with Crippen molar-refractivity contribution in [3.8, 4) is 5.75 Å². The van der Waals surface area contributed by atoms with E-state index in [4.69, 9.17) is 0 Å². The molecule has 1 rings (SSSR count). The number of carbonyl (C=O) groups is 1. The first kappa shape index (κ1) is 13.0. The average Bonchev–Trinajstić information content (AvgIpc) is 2.27. The molecule has 0 unspecified atom stereocenters. The topological polar surface area (TPSA) is 69.4 Å². The Morgan fingerprint density at radius 1 is 1.53 bits per heavy atom. The van der Waals surface area contributed by atoms with Crippen LogP contribution in [0.15, 0.2) is 18.2 Å². The zero-order chi connectivity index (χ0) is 13.0. The van der Waals surface area contributed by atoms with Gasteiger partial charge in [-0.05, 0) is 6.07 Å². The maximum absolute atomic E-state index is 12.2. The molecule has 0 aliphatic rings. The Balaban J connectivity index is 3.33. The molecule has 0 spiro atoms. The molecule has 0 bridgehead atoms. The van der Waals surface area contributed by atoms with Gasteiger partial charge in [-0.1, -0.05) is 13.0 Å². The summed E-state index contributed by atoms with van der Waals surface area (Å²) in [6.07, 6.45) is 0.0424. The average molecular weight is 245 g/mol. The van der Waals surface area contributed by atoms with Crippen LogP contribution in [0.3, 0.4) is 0 Å². The maximum Gasteiger partial charge on any atom is 0.387 e. The number of Topliss-reactive ketones (excluding diaryl/α,β-unsaturated/α-hetero) is 1. The molecule has 0 N–H and O–H groups in total. The van der Waals surface area contributed by atoms with E-state index in [1.165, 1.54) is 19.1 Å². The number of carbonyl (C=O) groups excluding carboxylic acids is 1. The van der Waals surface area contributed by atoms with Gasteiger partial charge in [0.05, 0.1) is 10.5 Å². The van der Waals surface area contributed by atoms with Crippen molar-refractivity contribution in [3.63, 3.8) is 0 Å². The predicted octanol–water partition coefficient (Wildman–Crippen LogP) is 2.79. The van der Waals surface area contributed by atoms with Gasteiger partial charge in [-0.2, -0.15) is 8.78 Å². The van der Waals surface area contributed by atoms with Gasteiger partial charge in [-0.3, -0.25) is 14.9 Å². The Morgan fingerprint density at radius 2 is 2.18 bits per heavy atom. The summed E-state index contributed by atoms with van der Waals surface area (Å²) in [4.78, 5) is 21.2. The molecule has 0 saturated carbocycles. The number of halogens is 2. The molecule has 17 heavy (non-hydrogen) atoms. The number of nitro benzene ring substituents is 1. The summed E-state index contributed by atoms with van der Waals surface area (Å²) in [5.74, 6) is -1.18. The van der Waals surface area contributed by atoms with E-state index in [1.54, 1.807) is 0 Å². The Labute approximate surface area is 95.2 Å². The van der Waals surface area contributed by atoms with Gasteiger partial charge < -0.3 is 4.74 Å². The first-order chi connectivity index (χ1) is 7.97. The number of nitrogens with zero attached hydrogens (tertiary/aromatic N) is 1. The maximum atomic E-state index is 12.2. The van der Waals surface area contributed by atoms with Gasteiger partial charge in [0, 0.05) is 12.5 Å². The largest absolute Gasteiger partial charge is 0.427 e. The molecule has 0 aromatic heterocycles. The Bertz CT molecular complexity index is 448. The fourth-order valence-corrected chi connectivity index (χ4v) is 1.29. The zero-order valence-corrected chi connectivity index (χ0v) is 8.85. The van der Waals surface area contributed by atoms with Gasteiger partial charge in [0.1, 0.15) is 0 Å². The highest BCUT2D eigenvalue weighted by atomic mass is 19.3. The van der Waals surface area contributed by atoms with Gasteiger partial charge >= 0.3 is 12.3 Å². The third-order valence-corrected chi connectivity index (χ3v) is 2.02. The molecule has 0 amide bonds. The number of rotatable bonds is 5. The second kappa shape index (κ2) is 5.33. The lowest BCUT2D eigenvalue weighted by Crippen LogP contribution is -2.09. The smallest absolute Gasteiger partial charge is 0.387 e. The molecule has 0 fully saturated rings. The van der Waals surface area contributed by atoms with E-state index >= 15 is 0 Å². The van der Waals surface area contributed by atoms with Crippen molar-refractivity contribution < 1.29 is 23.2 Å². The number of benzene rings is 1. The Hall–Kier alpha value is -2.05. The van der Waals surface area contributed by atoms with Gasteiger partial charge in [0.2, 0.25) is 5.75 Å². The summed E-state index contributed by atoms with van der Waals surface area (Å²) in [6.45, 7) is -1.70. The van der Waals surface area contributed by atoms with Crippen molar-refractivity contribution in [2.45, 2.75) is 20.0 Å². The van der Waals surface area contributed by atoms with Crippen molar-refractivity contribution in [1.29, 1.82) is 0 Å². The van der Waals surface area contributed by atoms with E-state index in [0.29, 0.717) is 0 Å². The molecular formula is C10H9F2NO4. The fraction of sp³-hybridized carbons (Fsp3) is 0.300. The van der Waals surface area contributed by atoms with Gasteiger partial charge in [-0.25, -0.2) is 0 Å². The number of hydrogen-bond donors (Lipinski definition) is 0. The Morgan fingerprint density at radius 3 is 2.65 bits per heavy atom. The SMILES string of the molecule is CCC(=O)c1cccc([N+](=O)[O-])c1OC(F)F. The van der Waals surface area contributed by atoms with Crippen LogP contribution in [0.5, 0.6) is 5.75 Å². The number of ether oxygens (including phenoxy) is 1. The van der Waals surface area contributed by atoms with Crippen LogP contribution in [0.1, 0.15) is 23.7 Å². The van der Waals surface area contributed by atoms with E-state index in [9.17, 15) is 23.7 Å². The summed E-state index contributed by atoms with van der Waals surface area (Å²) in [7, 11) is 0. The van der Waals surface area contributed by atoms with Crippen molar-refractivity contribution in [2.24, 2.45) is 0 Å². The van der Waals surface area contributed by atoms with Crippen LogP contribution >= 0.6 is 0 Å². The van der Waals surface area contributed by atoms with Crippen LogP contribution in [-0.4, -0.2) is 17.3 Å². The van der Waals surface area contributed by atoms with Crippen molar-refractivity contribution in [2.75, 3.05) is 0 Å². The van der Waals surface area contributed by atoms with E-state index in [-0.39, 0.29) is 12.0 Å². The minimum Gasteiger partial charge on any atom is -0.427 e. The van der Waals surface area contributed by atoms with Crippen molar-refractivity contribution in [3.05, 3.63) is 33.9 Å². The lowest BCUT2D eigenvalue weighted by atomic mass is 10.1. The summed E-state index contributed by atoms with van der Waals surface area (Å²) < 4.78 is 28.4. The Kier molecular flexibility index (Phi) is 4.08. The first-order valence-electron chi connectivity index (χ1n) is 4.72. The van der Waals surface area contributed by atoms with Gasteiger partial charge in [0.25, 0.3) is 0 Å². The van der Waals surface area contributed by atoms with Crippen LogP contribution in [0.2, 0.25) is 0 Å². The van der Waals surface area contributed by atoms with Crippen molar-refractivity contribution >= 4 is 11.5 Å². The number of nitro groups is 1.